The smallest absolute Gasteiger partial charge is 0.241 e. The number of guanidine groups is 1. The number of rotatable bonds is 8. The van der Waals surface area contributed by atoms with E-state index >= 15 is 0 Å². The summed E-state index contributed by atoms with van der Waals surface area (Å²) in [5.74, 6) is -0.377. The van der Waals surface area contributed by atoms with Crippen LogP contribution in [0.1, 0.15) is 25.7 Å². The zero-order chi connectivity index (χ0) is 23.5. The van der Waals surface area contributed by atoms with Crippen molar-refractivity contribution >= 4 is 74.9 Å². The first kappa shape index (κ1) is 30.1. The number of hydrogen-bond acceptors (Lipinski definition) is 6. The minimum Gasteiger partial charge on any atom is -0.370 e. The molecule has 190 valence electrons. The number of fused-ring (bicyclic) bond motifs is 1. The minimum atomic E-state index is -4.04. The monoisotopic (exact) mass is 553 g/mol. The van der Waals surface area contributed by atoms with E-state index in [4.69, 9.17) is 23.1 Å². The molecule has 0 saturated heterocycles. The highest BCUT2D eigenvalue weighted by Gasteiger charge is 2.44. The first-order valence-corrected chi connectivity index (χ1v) is 12.1. The molecule has 0 bridgehead atoms. The zero-order valence-electron chi connectivity index (χ0n) is 18.9. The summed E-state index contributed by atoms with van der Waals surface area (Å²) >= 11 is 6.21. The standard InChI is InChI=1S/C20H28ClN7O3S.2ClH/c1-28(2)10-9-24-18(29)20(7-3-4-8-20)27-32(30,31)13-5-6-14-15(11-13)17(26-19(22)23)25-12-16(14)21;;/h5-6,11-12,27H,3-4,7-10H2,1-2H3,(H,24,29)(H4,22,23,25,26);2*1H. The molecule has 14 heteroatoms. The number of pyridine rings is 1. The maximum atomic E-state index is 13.3. The SMILES string of the molecule is CN(C)CCNC(=O)C1(NS(=O)(=O)c2ccc3c(Cl)cnc(N=C(N)N)c3c2)CCCC1.Cl.Cl. The summed E-state index contributed by atoms with van der Waals surface area (Å²) in [6, 6.07) is 4.41. The Kier molecular flexibility index (Phi) is 10.8. The Hall–Kier alpha value is -1.89. The van der Waals surface area contributed by atoms with Crippen LogP contribution >= 0.6 is 36.4 Å². The molecule has 1 aromatic heterocycles. The lowest BCUT2D eigenvalue weighted by Gasteiger charge is -2.29. The van der Waals surface area contributed by atoms with E-state index in [9.17, 15) is 13.2 Å². The molecule has 0 spiro atoms. The normalized spacial score (nSPS) is 14.8. The molecule has 1 heterocycles. The zero-order valence-corrected chi connectivity index (χ0v) is 22.1. The third kappa shape index (κ3) is 6.83. The third-order valence-corrected chi connectivity index (χ3v) is 7.24. The van der Waals surface area contributed by atoms with Gasteiger partial charge in [0.1, 0.15) is 5.54 Å². The van der Waals surface area contributed by atoms with E-state index in [2.05, 4.69) is 20.0 Å². The van der Waals surface area contributed by atoms with Gasteiger partial charge in [-0.1, -0.05) is 30.5 Å². The molecule has 0 unspecified atom stereocenters. The van der Waals surface area contributed by atoms with Crippen molar-refractivity contribution in [3.63, 3.8) is 0 Å². The minimum absolute atomic E-state index is 0. The Morgan fingerprint density at radius 3 is 2.44 bits per heavy atom. The van der Waals surface area contributed by atoms with Crippen LogP contribution in [0.2, 0.25) is 5.02 Å². The fraction of sp³-hybridized carbons (Fsp3) is 0.450. The van der Waals surface area contributed by atoms with Gasteiger partial charge in [-0.2, -0.15) is 9.71 Å². The molecule has 10 nitrogen and oxygen atoms in total. The molecule has 3 rings (SSSR count). The molecule has 0 radical (unpaired) electrons. The van der Waals surface area contributed by atoms with E-state index < -0.39 is 15.6 Å². The summed E-state index contributed by atoms with van der Waals surface area (Å²) in [5.41, 5.74) is 9.76. The third-order valence-electron chi connectivity index (χ3n) is 5.40. The van der Waals surface area contributed by atoms with E-state index in [-0.39, 0.29) is 47.4 Å². The number of carbonyl (C=O) groups excluding carboxylic acids is 1. The van der Waals surface area contributed by atoms with Crippen LogP contribution in [-0.4, -0.2) is 62.9 Å². The van der Waals surface area contributed by atoms with Gasteiger partial charge in [-0.3, -0.25) is 4.79 Å². The number of amides is 1. The molecule has 2 aromatic rings. The lowest BCUT2D eigenvalue weighted by molar-refractivity contribution is -0.126. The number of nitrogens with two attached hydrogens (primary N) is 2. The second-order valence-corrected chi connectivity index (χ2v) is 10.2. The highest BCUT2D eigenvalue weighted by Crippen LogP contribution is 2.34. The largest absolute Gasteiger partial charge is 0.370 e. The van der Waals surface area contributed by atoms with Gasteiger partial charge in [0, 0.05) is 30.1 Å². The van der Waals surface area contributed by atoms with Gasteiger partial charge in [0.15, 0.2) is 11.8 Å². The molecule has 1 aliphatic carbocycles. The van der Waals surface area contributed by atoms with Crippen LogP contribution in [0.25, 0.3) is 10.8 Å². The van der Waals surface area contributed by atoms with Crippen molar-refractivity contribution in [3.8, 4) is 0 Å². The Labute approximate surface area is 216 Å². The molecule has 0 aliphatic heterocycles. The number of aliphatic imine (C=N–C) groups is 1. The van der Waals surface area contributed by atoms with E-state index in [1.165, 1.54) is 18.3 Å². The summed E-state index contributed by atoms with van der Waals surface area (Å²) in [6.45, 7) is 1.08. The summed E-state index contributed by atoms with van der Waals surface area (Å²) < 4.78 is 29.3. The maximum absolute atomic E-state index is 13.3. The Bertz CT molecular complexity index is 1150. The molecule has 0 atom stereocenters. The summed E-state index contributed by atoms with van der Waals surface area (Å²) in [7, 11) is -0.240. The summed E-state index contributed by atoms with van der Waals surface area (Å²) in [6.07, 6.45) is 3.77. The molecular formula is C20H30Cl3N7O3S. The van der Waals surface area contributed by atoms with Crippen LogP contribution in [0.15, 0.2) is 34.3 Å². The number of sulfonamides is 1. The van der Waals surface area contributed by atoms with Crippen LogP contribution in [-0.2, 0) is 14.8 Å². The first-order chi connectivity index (χ1) is 15.0. The van der Waals surface area contributed by atoms with E-state index in [0.29, 0.717) is 41.7 Å². The number of nitrogens with one attached hydrogen (secondary N) is 2. The number of nitrogens with zero attached hydrogens (tertiary/aromatic N) is 3. The van der Waals surface area contributed by atoms with Gasteiger partial charge in [0.25, 0.3) is 0 Å². The van der Waals surface area contributed by atoms with Gasteiger partial charge in [0.2, 0.25) is 15.9 Å². The van der Waals surface area contributed by atoms with E-state index in [1.54, 1.807) is 6.07 Å². The van der Waals surface area contributed by atoms with Crippen molar-refractivity contribution in [2.75, 3.05) is 27.2 Å². The topological polar surface area (TPSA) is 156 Å². The fourth-order valence-corrected chi connectivity index (χ4v) is 5.45. The summed E-state index contributed by atoms with van der Waals surface area (Å²) in [4.78, 5) is 22.9. The molecule has 1 saturated carbocycles. The maximum Gasteiger partial charge on any atom is 0.241 e. The van der Waals surface area contributed by atoms with Gasteiger partial charge >= 0.3 is 0 Å². The number of carbonyl (C=O) groups is 1. The fourth-order valence-electron chi connectivity index (χ4n) is 3.78. The van der Waals surface area contributed by atoms with E-state index in [0.717, 1.165) is 12.8 Å². The molecule has 1 fully saturated rings. The van der Waals surface area contributed by atoms with Crippen molar-refractivity contribution in [2.45, 2.75) is 36.1 Å². The Morgan fingerprint density at radius 1 is 1.21 bits per heavy atom. The second kappa shape index (κ2) is 12.2. The lowest BCUT2D eigenvalue weighted by Crippen LogP contribution is -2.57. The number of benzene rings is 1. The molecule has 1 amide bonds. The van der Waals surface area contributed by atoms with Crippen LogP contribution < -0.4 is 21.5 Å². The molecule has 6 N–H and O–H groups in total. The highest BCUT2D eigenvalue weighted by molar-refractivity contribution is 7.89. The average Bonchev–Trinajstić information content (AvgIpc) is 3.18. The van der Waals surface area contributed by atoms with Crippen molar-refractivity contribution in [3.05, 3.63) is 29.4 Å². The number of hydrogen-bond donors (Lipinski definition) is 4. The lowest BCUT2D eigenvalue weighted by atomic mass is 9.98. The molecule has 1 aliphatic rings. The van der Waals surface area contributed by atoms with Gasteiger partial charge in [0.05, 0.1) is 9.92 Å². The van der Waals surface area contributed by atoms with Gasteiger partial charge in [-0.15, -0.1) is 24.8 Å². The van der Waals surface area contributed by atoms with Crippen LogP contribution in [0.3, 0.4) is 0 Å². The van der Waals surface area contributed by atoms with Crippen molar-refractivity contribution < 1.29 is 13.2 Å². The van der Waals surface area contributed by atoms with Crippen molar-refractivity contribution in [1.82, 2.24) is 19.9 Å². The quantitative estimate of drug-likeness (QED) is 0.287. The molecule has 1 aromatic carbocycles. The van der Waals surface area contributed by atoms with Crippen LogP contribution in [0.4, 0.5) is 5.82 Å². The predicted molar refractivity (Wildman–Crippen MR) is 140 cm³/mol. The Balaban J connectivity index is 0.00000289. The van der Waals surface area contributed by atoms with Gasteiger partial charge in [-0.05, 0) is 39.1 Å². The van der Waals surface area contributed by atoms with Gasteiger partial charge in [-0.25, -0.2) is 13.4 Å². The number of aromatic nitrogens is 1. The summed E-state index contributed by atoms with van der Waals surface area (Å²) in [5, 5.41) is 4.12. The average molecular weight is 555 g/mol. The highest BCUT2D eigenvalue weighted by atomic mass is 35.5. The Morgan fingerprint density at radius 2 is 1.85 bits per heavy atom. The van der Waals surface area contributed by atoms with Crippen LogP contribution in [0.5, 0.6) is 0 Å². The van der Waals surface area contributed by atoms with Gasteiger partial charge < -0.3 is 21.7 Å². The molecule has 34 heavy (non-hydrogen) atoms. The number of likely N-dealkylation sites (N-methyl/N-ethyl adjacent to an activating group) is 1. The molecular weight excluding hydrogens is 525 g/mol. The van der Waals surface area contributed by atoms with Crippen molar-refractivity contribution in [1.29, 1.82) is 0 Å². The second-order valence-electron chi connectivity index (χ2n) is 8.13. The van der Waals surface area contributed by atoms with Crippen molar-refractivity contribution in [2.24, 2.45) is 16.5 Å². The van der Waals surface area contributed by atoms with Crippen LogP contribution in [0, 0.1) is 0 Å². The predicted octanol–water partition coefficient (Wildman–Crippen LogP) is 1.91. The van der Waals surface area contributed by atoms with E-state index in [1.807, 2.05) is 19.0 Å². The number of halogens is 3. The first-order valence-electron chi connectivity index (χ1n) is 10.2.